The average Bonchev–Trinajstić information content (AvgIpc) is 3.04. The molecule has 0 saturated carbocycles. The minimum atomic E-state index is -0.315. The minimum Gasteiger partial charge on any atom is -0.461 e. The van der Waals surface area contributed by atoms with Gasteiger partial charge in [-0.05, 0) is 39.7 Å². The lowest BCUT2D eigenvalue weighted by Gasteiger charge is -2.32. The highest BCUT2D eigenvalue weighted by atomic mass is 32.1. The number of ether oxygens (including phenoxy) is 1. The number of piperidine rings is 1. The van der Waals surface area contributed by atoms with Crippen molar-refractivity contribution in [2.45, 2.75) is 51.6 Å². The second-order valence-corrected chi connectivity index (χ2v) is 6.99. The third-order valence-corrected chi connectivity index (χ3v) is 5.33. The first kappa shape index (κ1) is 14.8. The van der Waals surface area contributed by atoms with Gasteiger partial charge in [0.2, 0.25) is 0 Å². The maximum atomic E-state index is 11.8. The van der Waals surface area contributed by atoms with Crippen molar-refractivity contribution >= 4 is 22.4 Å². The van der Waals surface area contributed by atoms with E-state index in [4.69, 9.17) is 4.74 Å². The van der Waals surface area contributed by atoms with Crippen molar-refractivity contribution in [2.24, 2.45) is 0 Å². The van der Waals surface area contributed by atoms with Gasteiger partial charge >= 0.3 is 5.97 Å². The molecule has 2 aliphatic rings. The van der Waals surface area contributed by atoms with Gasteiger partial charge in [-0.15, -0.1) is 11.3 Å². The fourth-order valence-corrected chi connectivity index (χ4v) is 4.28. The van der Waals surface area contributed by atoms with Crippen LogP contribution in [0.5, 0.6) is 0 Å². The lowest BCUT2D eigenvalue weighted by Crippen LogP contribution is -2.41. The van der Waals surface area contributed by atoms with Crippen LogP contribution in [0.15, 0.2) is 0 Å². The van der Waals surface area contributed by atoms with E-state index >= 15 is 0 Å². The highest BCUT2D eigenvalue weighted by molar-refractivity contribution is 7.15. The SMILES string of the molecule is CCOC(=O)c1nc(NC2CCN3CCCCC23)sc1C. The highest BCUT2D eigenvalue weighted by Gasteiger charge is 2.35. The van der Waals surface area contributed by atoms with E-state index in [0.29, 0.717) is 24.4 Å². The quantitative estimate of drug-likeness (QED) is 0.867. The summed E-state index contributed by atoms with van der Waals surface area (Å²) in [6.07, 6.45) is 5.09. The molecule has 1 aromatic rings. The first-order valence-corrected chi connectivity index (χ1v) is 8.66. The number of fused-ring (bicyclic) bond motifs is 1. The summed E-state index contributed by atoms with van der Waals surface area (Å²) < 4.78 is 5.05. The second-order valence-electron chi connectivity index (χ2n) is 5.78. The molecule has 3 rings (SSSR count). The minimum absolute atomic E-state index is 0.315. The van der Waals surface area contributed by atoms with Crippen molar-refractivity contribution in [3.8, 4) is 0 Å². The van der Waals surface area contributed by atoms with Gasteiger partial charge in [-0.3, -0.25) is 4.90 Å². The topological polar surface area (TPSA) is 54.5 Å². The Hall–Kier alpha value is -1.14. The van der Waals surface area contributed by atoms with E-state index in [1.165, 1.54) is 32.4 Å². The Morgan fingerprint density at radius 2 is 2.29 bits per heavy atom. The number of carbonyl (C=O) groups is 1. The fourth-order valence-electron chi connectivity index (χ4n) is 3.42. The van der Waals surface area contributed by atoms with Crippen molar-refractivity contribution < 1.29 is 9.53 Å². The predicted molar refractivity (Wildman–Crippen MR) is 84.0 cm³/mol. The van der Waals surface area contributed by atoms with Crippen LogP contribution in [0.4, 0.5) is 5.13 Å². The molecule has 3 heterocycles. The zero-order valence-corrected chi connectivity index (χ0v) is 13.5. The Morgan fingerprint density at radius 1 is 1.43 bits per heavy atom. The molecule has 0 bridgehead atoms. The maximum Gasteiger partial charge on any atom is 0.358 e. The van der Waals surface area contributed by atoms with Crippen molar-refractivity contribution in [1.29, 1.82) is 0 Å². The van der Waals surface area contributed by atoms with Gasteiger partial charge in [0.05, 0.1) is 6.61 Å². The number of nitrogens with zero attached hydrogens (tertiary/aromatic N) is 2. The molecule has 0 radical (unpaired) electrons. The van der Waals surface area contributed by atoms with E-state index in [-0.39, 0.29) is 5.97 Å². The molecule has 1 N–H and O–H groups in total. The van der Waals surface area contributed by atoms with E-state index in [1.807, 2.05) is 13.8 Å². The summed E-state index contributed by atoms with van der Waals surface area (Å²) in [6.45, 7) is 6.54. The monoisotopic (exact) mass is 309 g/mol. The third kappa shape index (κ3) is 3.06. The summed E-state index contributed by atoms with van der Waals surface area (Å²) in [4.78, 5) is 19.8. The van der Waals surface area contributed by atoms with Gasteiger partial charge in [-0.1, -0.05) is 6.42 Å². The Balaban J connectivity index is 1.68. The lowest BCUT2D eigenvalue weighted by atomic mass is 9.99. The predicted octanol–water partition coefficient (Wildman–Crippen LogP) is 2.67. The molecule has 2 atom stereocenters. The second kappa shape index (κ2) is 6.32. The van der Waals surface area contributed by atoms with Crippen LogP contribution < -0.4 is 5.32 Å². The van der Waals surface area contributed by atoms with Gasteiger partial charge < -0.3 is 10.1 Å². The first-order chi connectivity index (χ1) is 10.2. The van der Waals surface area contributed by atoms with Crippen LogP contribution in [0.2, 0.25) is 0 Å². The van der Waals surface area contributed by atoms with Crippen LogP contribution in [0.3, 0.4) is 0 Å². The molecule has 6 heteroatoms. The first-order valence-electron chi connectivity index (χ1n) is 7.84. The number of carbonyl (C=O) groups excluding carboxylic acids is 1. The molecule has 2 aliphatic heterocycles. The molecular formula is C15H23N3O2S. The van der Waals surface area contributed by atoms with Gasteiger partial charge in [0.1, 0.15) is 0 Å². The summed E-state index contributed by atoms with van der Waals surface area (Å²) in [6, 6.07) is 1.10. The standard InChI is InChI=1S/C15H23N3O2S/c1-3-20-14(19)13-10(2)21-15(17-13)16-11-7-9-18-8-5-4-6-12(11)18/h11-12H,3-9H2,1-2H3,(H,16,17). The van der Waals surface area contributed by atoms with Crippen molar-refractivity contribution in [1.82, 2.24) is 9.88 Å². The zero-order chi connectivity index (χ0) is 14.8. The molecule has 21 heavy (non-hydrogen) atoms. The number of rotatable bonds is 4. The Labute approximate surface area is 129 Å². The molecule has 0 amide bonds. The van der Waals surface area contributed by atoms with E-state index < -0.39 is 0 Å². The van der Waals surface area contributed by atoms with E-state index in [9.17, 15) is 4.79 Å². The molecule has 0 aromatic carbocycles. The molecule has 0 spiro atoms. The van der Waals surface area contributed by atoms with Crippen LogP contribution in [0, 0.1) is 6.92 Å². The summed E-state index contributed by atoms with van der Waals surface area (Å²) in [5, 5.41) is 4.41. The zero-order valence-electron chi connectivity index (χ0n) is 12.7. The van der Waals surface area contributed by atoms with Crippen LogP contribution in [-0.2, 0) is 4.74 Å². The maximum absolute atomic E-state index is 11.8. The van der Waals surface area contributed by atoms with Gasteiger partial charge in [0.15, 0.2) is 10.8 Å². The van der Waals surface area contributed by atoms with Crippen LogP contribution in [0.25, 0.3) is 0 Å². The molecule has 2 saturated heterocycles. The number of hydrogen-bond donors (Lipinski definition) is 1. The number of aryl methyl sites for hydroxylation is 1. The van der Waals surface area contributed by atoms with Crippen molar-refractivity contribution in [2.75, 3.05) is 25.0 Å². The summed E-state index contributed by atoms with van der Waals surface area (Å²) in [7, 11) is 0. The van der Waals surface area contributed by atoms with Crippen LogP contribution >= 0.6 is 11.3 Å². The molecular weight excluding hydrogens is 286 g/mol. The Kier molecular flexibility index (Phi) is 4.45. The summed E-state index contributed by atoms with van der Waals surface area (Å²) in [5.74, 6) is -0.315. The lowest BCUT2D eigenvalue weighted by molar-refractivity contribution is 0.0519. The normalized spacial score (nSPS) is 25.6. The van der Waals surface area contributed by atoms with Crippen LogP contribution in [0.1, 0.15) is 48.0 Å². The smallest absolute Gasteiger partial charge is 0.358 e. The Bertz CT molecular complexity index is 517. The van der Waals surface area contributed by atoms with Gasteiger partial charge in [0.25, 0.3) is 0 Å². The number of esters is 1. The average molecular weight is 309 g/mol. The van der Waals surface area contributed by atoms with E-state index in [2.05, 4.69) is 15.2 Å². The number of nitrogens with one attached hydrogen (secondary N) is 1. The Morgan fingerprint density at radius 3 is 3.10 bits per heavy atom. The van der Waals surface area contributed by atoms with Gasteiger partial charge in [-0.2, -0.15) is 0 Å². The number of thiazole rings is 1. The fraction of sp³-hybridized carbons (Fsp3) is 0.733. The van der Waals surface area contributed by atoms with Crippen LogP contribution in [-0.4, -0.2) is 47.6 Å². The summed E-state index contributed by atoms with van der Waals surface area (Å²) in [5.41, 5.74) is 0.461. The molecule has 0 aliphatic carbocycles. The van der Waals surface area contributed by atoms with Gasteiger partial charge in [-0.25, -0.2) is 9.78 Å². The molecule has 1 aromatic heterocycles. The molecule has 116 valence electrons. The van der Waals surface area contributed by atoms with Crippen molar-refractivity contribution in [3.63, 3.8) is 0 Å². The number of anilines is 1. The van der Waals surface area contributed by atoms with E-state index in [1.54, 1.807) is 11.3 Å². The van der Waals surface area contributed by atoms with Gasteiger partial charge in [0, 0.05) is 23.5 Å². The largest absolute Gasteiger partial charge is 0.461 e. The van der Waals surface area contributed by atoms with Crippen molar-refractivity contribution in [3.05, 3.63) is 10.6 Å². The number of hydrogen-bond acceptors (Lipinski definition) is 6. The van der Waals surface area contributed by atoms with E-state index in [0.717, 1.165) is 16.4 Å². The third-order valence-electron chi connectivity index (χ3n) is 4.43. The molecule has 2 fully saturated rings. The number of aromatic nitrogens is 1. The highest BCUT2D eigenvalue weighted by Crippen LogP contribution is 2.31. The summed E-state index contributed by atoms with van der Waals surface area (Å²) >= 11 is 1.55. The molecule has 2 unspecified atom stereocenters. The molecule has 5 nitrogen and oxygen atoms in total.